The van der Waals surface area contributed by atoms with E-state index >= 15 is 0 Å². The molecular weight excluding hydrogens is 284 g/mol. The molecule has 0 spiro atoms. The van der Waals surface area contributed by atoms with E-state index in [1.54, 1.807) is 4.90 Å². The number of carbonyl (C=O) groups excluding carboxylic acids is 1. The normalized spacial score (nSPS) is 19.4. The topological polar surface area (TPSA) is 42.4 Å². The van der Waals surface area contributed by atoms with Crippen LogP contribution in [0, 0.1) is 5.92 Å². The predicted molar refractivity (Wildman–Crippen MR) is 76.6 cm³/mol. The van der Waals surface area contributed by atoms with Crippen molar-refractivity contribution in [2.75, 3.05) is 26.8 Å². The number of thiazole rings is 1. The number of carbonyl (C=O) groups is 1. The molecule has 1 aromatic rings. The third-order valence-electron chi connectivity index (χ3n) is 3.25. The van der Waals surface area contributed by atoms with Crippen molar-refractivity contribution in [2.24, 2.45) is 5.92 Å². The van der Waals surface area contributed by atoms with Gasteiger partial charge in [-0.25, -0.2) is 4.98 Å². The standard InChI is InChI=1S/C13H19ClN2O2S/c1-16(7-10-3-2-4-18-8-10)13(17)5-12-15-11(6-14)9-19-12/h9-10H,2-8H2,1H3. The molecule has 0 saturated carbocycles. The Hall–Kier alpha value is -0.650. The van der Waals surface area contributed by atoms with Gasteiger partial charge in [0.2, 0.25) is 5.91 Å². The van der Waals surface area contributed by atoms with Gasteiger partial charge in [0, 0.05) is 25.6 Å². The summed E-state index contributed by atoms with van der Waals surface area (Å²) in [5.41, 5.74) is 0.845. The lowest BCUT2D eigenvalue weighted by atomic mass is 10.0. The van der Waals surface area contributed by atoms with E-state index in [1.165, 1.54) is 11.3 Å². The summed E-state index contributed by atoms with van der Waals surface area (Å²) in [6.45, 7) is 2.40. The number of nitrogens with zero attached hydrogens (tertiary/aromatic N) is 2. The van der Waals surface area contributed by atoms with Gasteiger partial charge in [0.25, 0.3) is 0 Å². The molecule has 0 N–H and O–H groups in total. The molecule has 0 radical (unpaired) electrons. The van der Waals surface area contributed by atoms with Gasteiger partial charge in [-0.15, -0.1) is 22.9 Å². The van der Waals surface area contributed by atoms with Crippen molar-refractivity contribution in [2.45, 2.75) is 25.1 Å². The first-order valence-corrected chi connectivity index (χ1v) is 7.91. The van der Waals surface area contributed by atoms with E-state index in [-0.39, 0.29) is 5.91 Å². The largest absolute Gasteiger partial charge is 0.381 e. The fraction of sp³-hybridized carbons (Fsp3) is 0.692. The highest BCUT2D eigenvalue weighted by Gasteiger charge is 2.19. The van der Waals surface area contributed by atoms with Gasteiger partial charge in [0.15, 0.2) is 0 Å². The number of ether oxygens (including phenoxy) is 1. The average Bonchev–Trinajstić information content (AvgIpc) is 2.87. The molecule has 106 valence electrons. The summed E-state index contributed by atoms with van der Waals surface area (Å²) in [6.07, 6.45) is 2.61. The summed E-state index contributed by atoms with van der Waals surface area (Å²) in [7, 11) is 1.85. The minimum Gasteiger partial charge on any atom is -0.381 e. The van der Waals surface area contributed by atoms with Crippen LogP contribution in [0.3, 0.4) is 0 Å². The van der Waals surface area contributed by atoms with Crippen LogP contribution < -0.4 is 0 Å². The van der Waals surface area contributed by atoms with Crippen molar-refractivity contribution in [1.29, 1.82) is 0 Å². The van der Waals surface area contributed by atoms with Crippen LogP contribution in [0.2, 0.25) is 0 Å². The van der Waals surface area contributed by atoms with E-state index in [1.807, 2.05) is 12.4 Å². The van der Waals surface area contributed by atoms with Crippen molar-refractivity contribution < 1.29 is 9.53 Å². The van der Waals surface area contributed by atoms with Gasteiger partial charge < -0.3 is 9.64 Å². The second-order valence-electron chi connectivity index (χ2n) is 4.90. The summed E-state index contributed by atoms with van der Waals surface area (Å²) < 4.78 is 5.44. The zero-order valence-electron chi connectivity index (χ0n) is 11.1. The van der Waals surface area contributed by atoms with E-state index in [0.29, 0.717) is 18.2 Å². The Balaban J connectivity index is 1.81. The highest BCUT2D eigenvalue weighted by molar-refractivity contribution is 7.09. The molecule has 1 aliphatic rings. The Bertz CT molecular complexity index is 419. The molecule has 2 rings (SSSR count). The number of hydrogen-bond donors (Lipinski definition) is 0. The van der Waals surface area contributed by atoms with E-state index in [9.17, 15) is 4.79 Å². The monoisotopic (exact) mass is 302 g/mol. The van der Waals surface area contributed by atoms with Crippen LogP contribution in [0.5, 0.6) is 0 Å². The third kappa shape index (κ3) is 4.44. The summed E-state index contributed by atoms with van der Waals surface area (Å²) in [5.74, 6) is 0.985. The van der Waals surface area contributed by atoms with Crippen molar-refractivity contribution in [3.63, 3.8) is 0 Å². The van der Waals surface area contributed by atoms with Crippen LogP contribution in [0.15, 0.2) is 5.38 Å². The van der Waals surface area contributed by atoms with Gasteiger partial charge in [-0.1, -0.05) is 0 Å². The van der Waals surface area contributed by atoms with Crippen LogP contribution >= 0.6 is 22.9 Å². The van der Waals surface area contributed by atoms with E-state index in [0.717, 1.165) is 43.3 Å². The molecule has 1 atom stereocenters. The molecular formula is C13H19ClN2O2S. The summed E-state index contributed by atoms with van der Waals surface area (Å²) in [4.78, 5) is 18.2. The molecule has 0 bridgehead atoms. The summed E-state index contributed by atoms with van der Waals surface area (Å²) in [5, 5.41) is 2.75. The first-order valence-electron chi connectivity index (χ1n) is 6.50. The van der Waals surface area contributed by atoms with Crippen molar-refractivity contribution in [1.82, 2.24) is 9.88 Å². The first-order chi connectivity index (χ1) is 9.19. The highest BCUT2D eigenvalue weighted by Crippen LogP contribution is 2.16. The number of halogens is 1. The lowest BCUT2D eigenvalue weighted by molar-refractivity contribution is -0.130. The zero-order chi connectivity index (χ0) is 13.7. The molecule has 1 amide bonds. The highest BCUT2D eigenvalue weighted by atomic mass is 35.5. The van der Waals surface area contributed by atoms with E-state index < -0.39 is 0 Å². The van der Waals surface area contributed by atoms with Gasteiger partial charge in [-0.3, -0.25) is 4.79 Å². The number of aromatic nitrogens is 1. The van der Waals surface area contributed by atoms with Crippen molar-refractivity contribution in [3.8, 4) is 0 Å². The maximum atomic E-state index is 12.1. The molecule has 0 aliphatic carbocycles. The molecule has 1 aliphatic heterocycles. The molecule has 1 aromatic heterocycles. The van der Waals surface area contributed by atoms with Crippen LogP contribution in [-0.4, -0.2) is 42.6 Å². The van der Waals surface area contributed by atoms with Crippen LogP contribution in [0.4, 0.5) is 0 Å². The second-order valence-corrected chi connectivity index (χ2v) is 6.11. The van der Waals surface area contributed by atoms with Crippen molar-refractivity contribution >= 4 is 28.8 Å². The Kier molecular flexibility index (Phi) is 5.60. The first kappa shape index (κ1) is 14.8. The number of alkyl halides is 1. The Morgan fingerprint density at radius 2 is 2.53 bits per heavy atom. The van der Waals surface area contributed by atoms with Crippen LogP contribution in [-0.2, 0) is 21.8 Å². The number of likely N-dealkylation sites (N-methyl/N-ethyl adjacent to an activating group) is 1. The average molecular weight is 303 g/mol. The second kappa shape index (κ2) is 7.22. The molecule has 1 saturated heterocycles. The molecule has 0 aromatic carbocycles. The molecule has 19 heavy (non-hydrogen) atoms. The van der Waals surface area contributed by atoms with Crippen LogP contribution in [0.25, 0.3) is 0 Å². The predicted octanol–water partition coefficient (Wildman–Crippen LogP) is 2.31. The maximum absolute atomic E-state index is 12.1. The molecule has 2 heterocycles. The van der Waals surface area contributed by atoms with Crippen LogP contribution in [0.1, 0.15) is 23.5 Å². The minimum absolute atomic E-state index is 0.112. The Morgan fingerprint density at radius 3 is 3.16 bits per heavy atom. The fourth-order valence-electron chi connectivity index (χ4n) is 2.20. The molecule has 4 nitrogen and oxygen atoms in total. The minimum atomic E-state index is 0.112. The summed E-state index contributed by atoms with van der Waals surface area (Å²) >= 11 is 7.20. The number of amides is 1. The quantitative estimate of drug-likeness (QED) is 0.784. The fourth-order valence-corrected chi connectivity index (χ4v) is 3.21. The molecule has 1 unspecified atom stereocenters. The SMILES string of the molecule is CN(CC1CCCOC1)C(=O)Cc1nc(CCl)cs1. The zero-order valence-corrected chi connectivity index (χ0v) is 12.7. The molecule has 1 fully saturated rings. The number of rotatable bonds is 5. The van der Waals surface area contributed by atoms with E-state index in [2.05, 4.69) is 4.98 Å². The van der Waals surface area contributed by atoms with Gasteiger partial charge >= 0.3 is 0 Å². The van der Waals surface area contributed by atoms with Gasteiger partial charge in [-0.05, 0) is 18.8 Å². The smallest absolute Gasteiger partial charge is 0.229 e. The Morgan fingerprint density at radius 1 is 1.68 bits per heavy atom. The maximum Gasteiger partial charge on any atom is 0.229 e. The third-order valence-corrected chi connectivity index (χ3v) is 4.42. The summed E-state index contributed by atoms with van der Waals surface area (Å²) in [6, 6.07) is 0. The van der Waals surface area contributed by atoms with E-state index in [4.69, 9.17) is 16.3 Å². The Labute approximate surface area is 122 Å². The van der Waals surface area contributed by atoms with Gasteiger partial charge in [0.05, 0.1) is 24.6 Å². The lowest BCUT2D eigenvalue weighted by Crippen LogP contribution is -2.35. The van der Waals surface area contributed by atoms with Crippen molar-refractivity contribution in [3.05, 3.63) is 16.1 Å². The van der Waals surface area contributed by atoms with Gasteiger partial charge in [-0.2, -0.15) is 0 Å². The number of hydrogen-bond acceptors (Lipinski definition) is 4. The lowest BCUT2D eigenvalue weighted by Gasteiger charge is -2.27. The molecule has 6 heteroatoms. The van der Waals surface area contributed by atoms with Gasteiger partial charge in [0.1, 0.15) is 5.01 Å².